The fourth-order valence-corrected chi connectivity index (χ4v) is 2.63. The molecule has 0 aliphatic carbocycles. The van der Waals surface area contributed by atoms with Crippen LogP contribution < -0.4 is 11.1 Å². The molecule has 0 radical (unpaired) electrons. The van der Waals surface area contributed by atoms with Gasteiger partial charge in [-0.3, -0.25) is 9.59 Å². The lowest BCUT2D eigenvalue weighted by Crippen LogP contribution is -2.50. The van der Waals surface area contributed by atoms with Crippen LogP contribution in [0, 0.1) is 5.92 Å². The first kappa shape index (κ1) is 15.5. The molecule has 1 aliphatic rings. The Morgan fingerprint density at radius 2 is 2.14 bits per heavy atom. The van der Waals surface area contributed by atoms with Gasteiger partial charge in [-0.15, -0.1) is 0 Å². The lowest BCUT2D eigenvalue weighted by atomic mass is 9.97. The molecule has 2 rings (SSSR count). The fourth-order valence-electron chi connectivity index (χ4n) is 2.63. The predicted molar refractivity (Wildman–Crippen MR) is 81.5 cm³/mol. The van der Waals surface area contributed by atoms with Crippen LogP contribution in [0.4, 0.5) is 0 Å². The maximum absolute atomic E-state index is 12.3. The van der Waals surface area contributed by atoms with Gasteiger partial charge in [0.1, 0.15) is 0 Å². The number of hydrogen-bond acceptors (Lipinski definition) is 3. The number of likely N-dealkylation sites (N-methyl/N-ethyl adjacent to an activating group) is 1. The molecule has 1 aromatic rings. The van der Waals surface area contributed by atoms with Crippen molar-refractivity contribution in [2.75, 3.05) is 20.1 Å². The van der Waals surface area contributed by atoms with Gasteiger partial charge in [0.25, 0.3) is 0 Å². The summed E-state index contributed by atoms with van der Waals surface area (Å²) in [7, 11) is 1.77. The lowest BCUT2D eigenvalue weighted by Gasteiger charge is -2.31. The molecule has 1 aromatic carbocycles. The van der Waals surface area contributed by atoms with E-state index in [4.69, 9.17) is 5.73 Å². The number of nitrogens with two attached hydrogens (primary N) is 1. The van der Waals surface area contributed by atoms with E-state index in [1.54, 1.807) is 11.9 Å². The van der Waals surface area contributed by atoms with E-state index in [0.717, 1.165) is 5.56 Å². The Balaban J connectivity index is 1.90. The standard InChI is InChI=1S/C16H23N3O2/c1-19-11-14(7-8-15(19)20)18-16(21)13(10-17)9-12-5-3-2-4-6-12/h2-6,13-14H,7-11,17H2,1H3,(H,18,21). The van der Waals surface area contributed by atoms with E-state index in [9.17, 15) is 9.59 Å². The largest absolute Gasteiger partial charge is 0.351 e. The van der Waals surface area contributed by atoms with Crippen molar-refractivity contribution >= 4 is 11.8 Å². The molecular formula is C16H23N3O2. The number of nitrogens with one attached hydrogen (secondary N) is 1. The van der Waals surface area contributed by atoms with Crippen LogP contribution in [-0.2, 0) is 16.0 Å². The molecule has 2 amide bonds. The van der Waals surface area contributed by atoms with Gasteiger partial charge < -0.3 is 16.0 Å². The van der Waals surface area contributed by atoms with Crippen LogP contribution in [0.1, 0.15) is 18.4 Å². The van der Waals surface area contributed by atoms with Gasteiger partial charge in [-0.05, 0) is 18.4 Å². The molecule has 2 unspecified atom stereocenters. The van der Waals surface area contributed by atoms with Crippen molar-refractivity contribution in [3.63, 3.8) is 0 Å². The Morgan fingerprint density at radius 3 is 2.76 bits per heavy atom. The molecule has 1 saturated heterocycles. The van der Waals surface area contributed by atoms with Crippen LogP contribution in [0.2, 0.25) is 0 Å². The first-order chi connectivity index (χ1) is 10.1. The summed E-state index contributed by atoms with van der Waals surface area (Å²) in [6, 6.07) is 9.91. The quantitative estimate of drug-likeness (QED) is 0.831. The monoisotopic (exact) mass is 289 g/mol. The van der Waals surface area contributed by atoms with Gasteiger partial charge in [0, 0.05) is 32.6 Å². The molecule has 0 spiro atoms. The number of hydrogen-bond donors (Lipinski definition) is 2. The van der Waals surface area contributed by atoms with Crippen molar-refractivity contribution in [2.24, 2.45) is 11.7 Å². The molecule has 0 saturated carbocycles. The van der Waals surface area contributed by atoms with Gasteiger partial charge in [-0.25, -0.2) is 0 Å². The molecule has 0 aromatic heterocycles. The van der Waals surface area contributed by atoms with Gasteiger partial charge in [-0.2, -0.15) is 0 Å². The second-order valence-corrected chi connectivity index (χ2v) is 5.64. The summed E-state index contributed by atoms with van der Waals surface area (Å²) in [4.78, 5) is 25.5. The maximum atomic E-state index is 12.3. The van der Waals surface area contributed by atoms with E-state index >= 15 is 0 Å². The summed E-state index contributed by atoms with van der Waals surface area (Å²) in [6.45, 7) is 0.898. The Hall–Kier alpha value is -1.88. The molecule has 0 bridgehead atoms. The number of nitrogens with zero attached hydrogens (tertiary/aromatic N) is 1. The highest BCUT2D eigenvalue weighted by Gasteiger charge is 2.26. The topological polar surface area (TPSA) is 75.4 Å². The second-order valence-electron chi connectivity index (χ2n) is 5.64. The zero-order chi connectivity index (χ0) is 15.2. The Kier molecular flexibility index (Phi) is 5.33. The van der Waals surface area contributed by atoms with Crippen molar-refractivity contribution in [3.8, 4) is 0 Å². The minimum absolute atomic E-state index is 0.0193. The van der Waals surface area contributed by atoms with Crippen molar-refractivity contribution in [3.05, 3.63) is 35.9 Å². The molecule has 21 heavy (non-hydrogen) atoms. The Morgan fingerprint density at radius 1 is 1.43 bits per heavy atom. The van der Waals surface area contributed by atoms with Crippen molar-refractivity contribution in [1.29, 1.82) is 0 Å². The highest BCUT2D eigenvalue weighted by Crippen LogP contribution is 2.12. The van der Waals surface area contributed by atoms with Crippen LogP contribution in [0.15, 0.2) is 30.3 Å². The third-order valence-corrected chi connectivity index (χ3v) is 3.95. The normalized spacial score (nSPS) is 20.2. The van der Waals surface area contributed by atoms with E-state index in [-0.39, 0.29) is 23.8 Å². The van der Waals surface area contributed by atoms with E-state index in [0.29, 0.717) is 32.4 Å². The number of carbonyl (C=O) groups excluding carboxylic acids is 2. The van der Waals surface area contributed by atoms with Crippen LogP contribution in [0.25, 0.3) is 0 Å². The summed E-state index contributed by atoms with van der Waals surface area (Å²) in [5.74, 6) is -0.107. The van der Waals surface area contributed by atoms with Gasteiger partial charge in [-0.1, -0.05) is 30.3 Å². The highest BCUT2D eigenvalue weighted by molar-refractivity contribution is 5.80. The number of rotatable bonds is 5. The molecule has 5 heteroatoms. The first-order valence-electron chi connectivity index (χ1n) is 7.38. The first-order valence-corrected chi connectivity index (χ1v) is 7.38. The lowest BCUT2D eigenvalue weighted by molar-refractivity contribution is -0.134. The van der Waals surface area contributed by atoms with Gasteiger partial charge in [0.2, 0.25) is 11.8 Å². The molecular weight excluding hydrogens is 266 g/mol. The number of carbonyl (C=O) groups is 2. The van der Waals surface area contributed by atoms with Gasteiger partial charge in [0.05, 0.1) is 5.92 Å². The maximum Gasteiger partial charge on any atom is 0.225 e. The zero-order valence-corrected chi connectivity index (χ0v) is 12.4. The molecule has 1 aliphatic heterocycles. The SMILES string of the molecule is CN1CC(NC(=O)C(CN)Cc2ccccc2)CCC1=O. The summed E-state index contributed by atoms with van der Waals surface area (Å²) in [6.07, 6.45) is 1.84. The number of likely N-dealkylation sites (tertiary alicyclic amines) is 1. The van der Waals surface area contributed by atoms with Crippen LogP contribution in [-0.4, -0.2) is 42.9 Å². The average Bonchev–Trinajstić information content (AvgIpc) is 2.49. The number of amides is 2. The smallest absolute Gasteiger partial charge is 0.225 e. The second kappa shape index (κ2) is 7.22. The van der Waals surface area contributed by atoms with Crippen LogP contribution >= 0.6 is 0 Å². The highest BCUT2D eigenvalue weighted by atomic mass is 16.2. The number of piperidine rings is 1. The third-order valence-electron chi connectivity index (χ3n) is 3.95. The average molecular weight is 289 g/mol. The van der Waals surface area contributed by atoms with E-state index in [1.807, 2.05) is 30.3 Å². The molecule has 114 valence electrons. The van der Waals surface area contributed by atoms with Crippen LogP contribution in [0.5, 0.6) is 0 Å². The molecule has 1 fully saturated rings. The zero-order valence-electron chi connectivity index (χ0n) is 12.4. The number of benzene rings is 1. The van der Waals surface area contributed by atoms with Crippen molar-refractivity contribution in [1.82, 2.24) is 10.2 Å². The third kappa shape index (κ3) is 4.29. The van der Waals surface area contributed by atoms with Gasteiger partial charge in [0.15, 0.2) is 0 Å². The van der Waals surface area contributed by atoms with E-state index in [1.165, 1.54) is 0 Å². The minimum Gasteiger partial charge on any atom is -0.351 e. The van der Waals surface area contributed by atoms with Crippen LogP contribution in [0.3, 0.4) is 0 Å². The molecule has 5 nitrogen and oxygen atoms in total. The molecule has 2 atom stereocenters. The van der Waals surface area contributed by atoms with E-state index in [2.05, 4.69) is 5.32 Å². The Bertz CT molecular complexity index is 490. The molecule has 3 N–H and O–H groups in total. The fraction of sp³-hybridized carbons (Fsp3) is 0.500. The van der Waals surface area contributed by atoms with E-state index < -0.39 is 0 Å². The van der Waals surface area contributed by atoms with Gasteiger partial charge >= 0.3 is 0 Å². The summed E-state index contributed by atoms with van der Waals surface area (Å²) in [5, 5.41) is 3.03. The van der Waals surface area contributed by atoms with Crippen molar-refractivity contribution in [2.45, 2.75) is 25.3 Å². The summed E-state index contributed by atoms with van der Waals surface area (Å²) in [5.41, 5.74) is 6.86. The summed E-state index contributed by atoms with van der Waals surface area (Å²) < 4.78 is 0. The predicted octanol–water partition coefficient (Wildman–Crippen LogP) is 0.541. The molecule has 1 heterocycles. The minimum atomic E-state index is -0.227. The Labute approximate surface area is 125 Å². The van der Waals surface area contributed by atoms with Crippen molar-refractivity contribution < 1.29 is 9.59 Å². The summed E-state index contributed by atoms with van der Waals surface area (Å²) >= 11 is 0.